The first-order valence-corrected chi connectivity index (χ1v) is 6.09. The lowest BCUT2D eigenvalue weighted by atomic mass is 10.2. The van der Waals surface area contributed by atoms with Crippen LogP contribution < -0.4 is 0 Å². The third-order valence-electron chi connectivity index (χ3n) is 2.24. The number of carbonyl (C=O) groups excluding carboxylic acids is 2. The molecule has 1 aromatic carbocycles. The number of carbonyl (C=O) groups is 2. The highest BCUT2D eigenvalue weighted by Crippen LogP contribution is 2.20. The molecule has 0 fully saturated rings. The van der Waals surface area contributed by atoms with Crippen LogP contribution in [0.2, 0.25) is 0 Å². The second-order valence-electron chi connectivity index (χ2n) is 3.11. The fourth-order valence-corrected chi connectivity index (χ4v) is 1.83. The summed E-state index contributed by atoms with van der Waals surface area (Å²) in [5.41, 5.74) is 1.17. The minimum absolute atomic E-state index is 0.277. The van der Waals surface area contributed by atoms with E-state index in [0.717, 1.165) is 11.7 Å². The van der Waals surface area contributed by atoms with Crippen LogP contribution in [0, 0.1) is 0 Å². The highest BCUT2D eigenvalue weighted by Gasteiger charge is 2.13. The SMILES string of the molecule is O=Cc1cn(C(=O)OCI)c2ccccc12. The van der Waals surface area contributed by atoms with E-state index in [0.29, 0.717) is 11.1 Å². The molecule has 1 heterocycles. The van der Waals surface area contributed by atoms with Crippen molar-refractivity contribution in [2.45, 2.75) is 0 Å². The minimum atomic E-state index is -0.473. The van der Waals surface area contributed by atoms with Crippen molar-refractivity contribution in [1.82, 2.24) is 4.57 Å². The van der Waals surface area contributed by atoms with Crippen molar-refractivity contribution in [3.05, 3.63) is 36.0 Å². The summed E-state index contributed by atoms with van der Waals surface area (Å²) >= 11 is 1.94. The van der Waals surface area contributed by atoms with Crippen molar-refractivity contribution in [1.29, 1.82) is 0 Å². The fourth-order valence-electron chi connectivity index (χ4n) is 1.57. The maximum absolute atomic E-state index is 11.6. The number of ether oxygens (including phenoxy) is 1. The summed E-state index contributed by atoms with van der Waals surface area (Å²) in [6.45, 7) is 0. The molecule has 0 unspecified atom stereocenters. The quantitative estimate of drug-likeness (QED) is 0.484. The number of rotatable bonds is 2. The number of hydrogen-bond donors (Lipinski definition) is 0. The molecule has 2 aromatic rings. The van der Waals surface area contributed by atoms with Gasteiger partial charge < -0.3 is 4.74 Å². The lowest BCUT2D eigenvalue weighted by Crippen LogP contribution is -2.11. The standard InChI is InChI=1S/C11H8INO3/c12-7-16-11(15)13-5-8(6-14)9-3-1-2-4-10(9)13/h1-6H,7H2. The summed E-state index contributed by atoms with van der Waals surface area (Å²) in [6.07, 6.45) is 1.75. The molecule has 82 valence electrons. The van der Waals surface area contributed by atoms with Gasteiger partial charge in [0, 0.05) is 17.1 Å². The molecular weight excluding hydrogens is 321 g/mol. The summed E-state index contributed by atoms with van der Waals surface area (Å²) < 4.78 is 6.51. The molecule has 0 radical (unpaired) electrons. The maximum Gasteiger partial charge on any atom is 0.419 e. The van der Waals surface area contributed by atoms with E-state index >= 15 is 0 Å². The Bertz CT molecular complexity index is 547. The van der Waals surface area contributed by atoms with Crippen LogP contribution in [0.25, 0.3) is 10.9 Å². The third kappa shape index (κ3) is 1.82. The van der Waals surface area contributed by atoms with Crippen LogP contribution in [0.1, 0.15) is 10.4 Å². The van der Waals surface area contributed by atoms with Gasteiger partial charge in [0.1, 0.15) is 4.61 Å². The van der Waals surface area contributed by atoms with E-state index in [1.807, 2.05) is 34.7 Å². The van der Waals surface area contributed by atoms with Crippen molar-refractivity contribution in [2.75, 3.05) is 4.61 Å². The van der Waals surface area contributed by atoms with Gasteiger partial charge >= 0.3 is 6.09 Å². The van der Waals surface area contributed by atoms with Crippen LogP contribution in [0.5, 0.6) is 0 Å². The number of para-hydroxylation sites is 1. The molecule has 16 heavy (non-hydrogen) atoms. The van der Waals surface area contributed by atoms with Gasteiger partial charge in [0.25, 0.3) is 0 Å². The molecule has 0 amide bonds. The molecule has 0 aliphatic rings. The summed E-state index contributed by atoms with van der Waals surface area (Å²) in [6, 6.07) is 7.21. The Morgan fingerprint density at radius 2 is 2.19 bits per heavy atom. The van der Waals surface area contributed by atoms with Gasteiger partial charge in [0.2, 0.25) is 0 Å². The van der Waals surface area contributed by atoms with Gasteiger partial charge in [-0.15, -0.1) is 0 Å². The van der Waals surface area contributed by atoms with E-state index in [-0.39, 0.29) is 4.61 Å². The molecule has 0 aliphatic heterocycles. The van der Waals surface area contributed by atoms with Gasteiger partial charge in [0.05, 0.1) is 5.52 Å². The molecular formula is C11H8INO3. The Labute approximate surface area is 105 Å². The molecule has 0 N–H and O–H groups in total. The first-order chi connectivity index (χ1) is 7.77. The van der Waals surface area contributed by atoms with Crippen LogP contribution in [0.4, 0.5) is 4.79 Å². The number of alkyl halides is 1. The van der Waals surface area contributed by atoms with E-state index in [1.165, 1.54) is 10.8 Å². The average Bonchev–Trinajstić information content (AvgIpc) is 2.68. The highest BCUT2D eigenvalue weighted by atomic mass is 127. The minimum Gasteiger partial charge on any atom is -0.438 e. The molecule has 5 heteroatoms. The van der Waals surface area contributed by atoms with E-state index in [9.17, 15) is 9.59 Å². The topological polar surface area (TPSA) is 48.3 Å². The van der Waals surface area contributed by atoms with Crippen molar-refractivity contribution in [3.63, 3.8) is 0 Å². The van der Waals surface area contributed by atoms with E-state index < -0.39 is 6.09 Å². The Balaban J connectivity index is 2.61. The number of nitrogens with zero attached hydrogens (tertiary/aromatic N) is 1. The predicted molar refractivity (Wildman–Crippen MR) is 68.1 cm³/mol. The van der Waals surface area contributed by atoms with Crippen LogP contribution in [-0.4, -0.2) is 21.6 Å². The second kappa shape index (κ2) is 4.65. The average molecular weight is 329 g/mol. The monoisotopic (exact) mass is 329 g/mol. The molecule has 2 rings (SSSR count). The Morgan fingerprint density at radius 1 is 1.44 bits per heavy atom. The number of hydrogen-bond acceptors (Lipinski definition) is 3. The van der Waals surface area contributed by atoms with Gasteiger partial charge in [-0.25, -0.2) is 4.79 Å². The van der Waals surface area contributed by atoms with Gasteiger partial charge in [-0.05, 0) is 28.7 Å². The lowest BCUT2D eigenvalue weighted by Gasteiger charge is -2.02. The predicted octanol–water partition coefficient (Wildman–Crippen LogP) is 2.83. The summed E-state index contributed by atoms with van der Waals surface area (Å²) in [5.74, 6) is 0. The summed E-state index contributed by atoms with van der Waals surface area (Å²) in [4.78, 5) is 22.5. The molecule has 0 spiro atoms. The van der Waals surface area contributed by atoms with Crippen LogP contribution in [-0.2, 0) is 4.74 Å². The van der Waals surface area contributed by atoms with Crippen molar-refractivity contribution < 1.29 is 14.3 Å². The maximum atomic E-state index is 11.6. The fraction of sp³-hybridized carbons (Fsp3) is 0.0909. The molecule has 0 aliphatic carbocycles. The molecule has 0 atom stereocenters. The van der Waals surface area contributed by atoms with Crippen LogP contribution in [0.15, 0.2) is 30.5 Å². The molecule has 4 nitrogen and oxygen atoms in total. The number of benzene rings is 1. The largest absolute Gasteiger partial charge is 0.438 e. The number of fused-ring (bicyclic) bond motifs is 1. The zero-order chi connectivity index (χ0) is 11.5. The lowest BCUT2D eigenvalue weighted by molar-refractivity contribution is 0.112. The zero-order valence-corrected chi connectivity index (χ0v) is 10.4. The zero-order valence-electron chi connectivity index (χ0n) is 8.22. The second-order valence-corrected chi connectivity index (χ2v) is 3.73. The smallest absolute Gasteiger partial charge is 0.419 e. The number of aromatic nitrogens is 1. The Hall–Kier alpha value is -1.37. The van der Waals surface area contributed by atoms with Crippen molar-refractivity contribution in [3.8, 4) is 0 Å². The van der Waals surface area contributed by atoms with E-state index in [4.69, 9.17) is 4.74 Å². The third-order valence-corrected chi connectivity index (χ3v) is 2.56. The van der Waals surface area contributed by atoms with E-state index in [1.54, 1.807) is 12.1 Å². The van der Waals surface area contributed by atoms with Crippen LogP contribution in [0.3, 0.4) is 0 Å². The van der Waals surface area contributed by atoms with Gasteiger partial charge in [-0.2, -0.15) is 0 Å². The normalized spacial score (nSPS) is 10.3. The van der Waals surface area contributed by atoms with Crippen LogP contribution >= 0.6 is 22.6 Å². The first-order valence-electron chi connectivity index (χ1n) is 4.56. The van der Waals surface area contributed by atoms with E-state index in [2.05, 4.69) is 0 Å². The Morgan fingerprint density at radius 3 is 2.88 bits per heavy atom. The number of aldehydes is 1. The molecule has 0 saturated heterocycles. The molecule has 1 aromatic heterocycles. The molecule has 0 saturated carbocycles. The Kier molecular flexibility index (Phi) is 3.23. The first kappa shape index (κ1) is 11.1. The van der Waals surface area contributed by atoms with Gasteiger partial charge in [-0.3, -0.25) is 9.36 Å². The van der Waals surface area contributed by atoms with Gasteiger partial charge in [0.15, 0.2) is 6.29 Å². The molecule has 0 bridgehead atoms. The summed E-state index contributed by atoms with van der Waals surface area (Å²) in [5, 5.41) is 0.753. The summed E-state index contributed by atoms with van der Waals surface area (Å²) in [7, 11) is 0. The number of halogens is 1. The van der Waals surface area contributed by atoms with Gasteiger partial charge in [-0.1, -0.05) is 18.2 Å². The van der Waals surface area contributed by atoms with Crippen molar-refractivity contribution in [2.24, 2.45) is 0 Å². The highest BCUT2D eigenvalue weighted by molar-refractivity contribution is 14.1. The van der Waals surface area contributed by atoms with Crippen molar-refractivity contribution >= 4 is 45.9 Å².